The summed E-state index contributed by atoms with van der Waals surface area (Å²) >= 11 is 0. The fourth-order valence-electron chi connectivity index (χ4n) is 1.18. The zero-order chi connectivity index (χ0) is 11.3. The van der Waals surface area contributed by atoms with Crippen molar-refractivity contribution in [3.63, 3.8) is 0 Å². The van der Waals surface area contributed by atoms with Crippen molar-refractivity contribution in [2.45, 2.75) is 31.6 Å². The highest BCUT2D eigenvalue weighted by Gasteiger charge is 2.62. The molecule has 80 valence electrons. The lowest BCUT2D eigenvalue weighted by Gasteiger charge is -2.44. The maximum atomic E-state index is 11.5. The Labute approximate surface area is 81.6 Å². The number of sulfonamides is 1. The quantitative estimate of drug-likeness (QED) is 0.672. The van der Waals surface area contributed by atoms with Gasteiger partial charge < -0.3 is 5.11 Å². The van der Waals surface area contributed by atoms with E-state index in [1.807, 2.05) is 0 Å². The summed E-state index contributed by atoms with van der Waals surface area (Å²) in [6.45, 7) is 3.68. The first-order valence-corrected chi connectivity index (χ1v) is 5.39. The van der Waals surface area contributed by atoms with Gasteiger partial charge in [-0.05, 0) is 20.8 Å². The van der Waals surface area contributed by atoms with Crippen LogP contribution in [0.25, 0.3) is 0 Å². The summed E-state index contributed by atoms with van der Waals surface area (Å²) in [7, 11) is -3.79. The van der Waals surface area contributed by atoms with Gasteiger partial charge in [0.15, 0.2) is 4.75 Å². The highest BCUT2D eigenvalue weighted by Crippen LogP contribution is 2.36. The fourth-order valence-corrected chi connectivity index (χ4v) is 2.81. The summed E-state index contributed by atoms with van der Waals surface area (Å²) in [6.07, 6.45) is 0. The maximum absolute atomic E-state index is 11.5. The molecule has 1 rings (SSSR count). The summed E-state index contributed by atoms with van der Waals surface area (Å²) in [4.78, 5) is 21.8. The molecule has 0 aromatic carbocycles. The van der Waals surface area contributed by atoms with Crippen LogP contribution in [0, 0.1) is 0 Å². The van der Waals surface area contributed by atoms with Crippen molar-refractivity contribution in [3.8, 4) is 0 Å². The van der Waals surface area contributed by atoms with Crippen LogP contribution in [-0.4, -0.2) is 40.5 Å². The van der Waals surface area contributed by atoms with Crippen LogP contribution in [0.5, 0.6) is 0 Å². The molecule has 1 N–H and O–H groups in total. The predicted molar refractivity (Wildman–Crippen MR) is 46.9 cm³/mol. The zero-order valence-corrected chi connectivity index (χ0v) is 8.83. The molecule has 14 heavy (non-hydrogen) atoms. The number of carbonyl (C=O) groups excluding carboxylic acids is 1. The minimum Gasteiger partial charge on any atom is -0.480 e. The number of aliphatic carboxylic acids is 1. The molecule has 1 heterocycles. The van der Waals surface area contributed by atoms with Gasteiger partial charge in [-0.1, -0.05) is 0 Å². The van der Waals surface area contributed by atoms with E-state index in [2.05, 4.69) is 0 Å². The number of nitrogens with zero attached hydrogens (tertiary/aromatic N) is 1. The van der Waals surface area contributed by atoms with E-state index in [-0.39, 0.29) is 0 Å². The van der Waals surface area contributed by atoms with Crippen LogP contribution in [0.1, 0.15) is 20.8 Å². The van der Waals surface area contributed by atoms with Crippen LogP contribution >= 0.6 is 0 Å². The first kappa shape index (κ1) is 11.0. The van der Waals surface area contributed by atoms with Gasteiger partial charge in [0.05, 0.1) is 0 Å². The number of carboxylic acid groups (broad SMARTS) is 1. The largest absolute Gasteiger partial charge is 0.480 e. The minimum atomic E-state index is -3.79. The second kappa shape index (κ2) is 2.69. The summed E-state index contributed by atoms with van der Waals surface area (Å²) in [5, 5.41) is 8.58. The SMILES string of the molecule is CC(C(=O)O)N1C(=O)C(C)(C)S1(=O)=O. The van der Waals surface area contributed by atoms with Crippen molar-refractivity contribution in [1.82, 2.24) is 4.31 Å². The molecule has 0 saturated carbocycles. The number of carbonyl (C=O) groups is 2. The van der Waals surface area contributed by atoms with E-state index >= 15 is 0 Å². The number of amides is 1. The normalized spacial score (nSPS) is 25.4. The molecule has 0 radical (unpaired) electrons. The fraction of sp³-hybridized carbons (Fsp3) is 0.714. The van der Waals surface area contributed by atoms with Gasteiger partial charge in [-0.15, -0.1) is 0 Å². The van der Waals surface area contributed by atoms with Gasteiger partial charge in [0, 0.05) is 0 Å². The van der Waals surface area contributed by atoms with Crippen molar-refractivity contribution in [3.05, 3.63) is 0 Å². The van der Waals surface area contributed by atoms with Crippen LogP contribution in [-0.2, 0) is 19.6 Å². The standard InChI is InChI=1S/C7H11NO5S/c1-4(5(9)10)8-6(11)7(2,3)14(8,12)13/h4H,1-3H3,(H,9,10). The molecule has 0 aromatic rings. The Hall–Kier alpha value is -1.11. The van der Waals surface area contributed by atoms with E-state index in [4.69, 9.17) is 5.11 Å². The molecule has 6 nitrogen and oxygen atoms in total. The highest BCUT2D eigenvalue weighted by molar-refractivity contribution is 7.94. The van der Waals surface area contributed by atoms with Crippen molar-refractivity contribution in [1.29, 1.82) is 0 Å². The number of carboxylic acids is 1. The summed E-state index contributed by atoms with van der Waals surface area (Å²) in [5.74, 6) is -2.01. The Morgan fingerprint density at radius 2 is 1.93 bits per heavy atom. The number of rotatable bonds is 2. The van der Waals surface area contributed by atoms with Crippen molar-refractivity contribution in [2.24, 2.45) is 0 Å². The van der Waals surface area contributed by atoms with E-state index in [0.717, 1.165) is 6.92 Å². The monoisotopic (exact) mass is 221 g/mol. The maximum Gasteiger partial charge on any atom is 0.327 e. The van der Waals surface area contributed by atoms with E-state index in [1.54, 1.807) is 0 Å². The van der Waals surface area contributed by atoms with Gasteiger partial charge >= 0.3 is 5.97 Å². The van der Waals surface area contributed by atoms with Gasteiger partial charge in [0.2, 0.25) is 0 Å². The van der Waals surface area contributed by atoms with E-state index < -0.39 is 32.7 Å². The van der Waals surface area contributed by atoms with E-state index in [9.17, 15) is 18.0 Å². The Bertz CT molecular complexity index is 396. The Morgan fingerprint density at radius 1 is 1.50 bits per heavy atom. The molecule has 1 unspecified atom stereocenters. The summed E-state index contributed by atoms with van der Waals surface area (Å²) in [5.41, 5.74) is 0. The van der Waals surface area contributed by atoms with E-state index in [1.165, 1.54) is 13.8 Å². The van der Waals surface area contributed by atoms with Crippen molar-refractivity contribution >= 4 is 21.9 Å². The lowest BCUT2D eigenvalue weighted by Crippen LogP contribution is -2.70. The van der Waals surface area contributed by atoms with Crippen LogP contribution in [0.2, 0.25) is 0 Å². The first-order valence-electron chi connectivity index (χ1n) is 3.95. The second-order valence-corrected chi connectivity index (χ2v) is 5.99. The Kier molecular flexibility index (Phi) is 2.11. The molecule has 0 aromatic heterocycles. The molecule has 7 heteroatoms. The third-order valence-corrected chi connectivity index (χ3v) is 4.79. The van der Waals surface area contributed by atoms with Crippen LogP contribution in [0.15, 0.2) is 0 Å². The van der Waals surface area contributed by atoms with Crippen molar-refractivity contribution in [2.75, 3.05) is 0 Å². The highest BCUT2D eigenvalue weighted by atomic mass is 32.2. The Balaban J connectivity index is 3.09. The molecule has 1 atom stereocenters. The molecular formula is C7H11NO5S. The van der Waals surface area contributed by atoms with E-state index in [0.29, 0.717) is 4.31 Å². The van der Waals surface area contributed by atoms with Gasteiger partial charge in [-0.25, -0.2) is 17.5 Å². The average molecular weight is 221 g/mol. The predicted octanol–water partition coefficient (Wildman–Crippen LogP) is -0.590. The number of hydrogen-bond donors (Lipinski definition) is 1. The molecule has 1 saturated heterocycles. The van der Waals surface area contributed by atoms with Gasteiger partial charge in [0.1, 0.15) is 6.04 Å². The Morgan fingerprint density at radius 3 is 2.21 bits per heavy atom. The topological polar surface area (TPSA) is 91.8 Å². The van der Waals surface area contributed by atoms with Crippen LogP contribution < -0.4 is 0 Å². The van der Waals surface area contributed by atoms with Gasteiger partial charge in [-0.2, -0.15) is 0 Å². The first-order chi connectivity index (χ1) is 6.14. The molecular weight excluding hydrogens is 210 g/mol. The molecule has 1 amide bonds. The summed E-state index contributed by atoms with van der Waals surface area (Å²) in [6, 6.07) is -1.33. The van der Waals surface area contributed by atoms with Crippen LogP contribution in [0.4, 0.5) is 0 Å². The molecule has 0 aliphatic carbocycles. The third kappa shape index (κ3) is 1.05. The smallest absolute Gasteiger partial charge is 0.327 e. The molecule has 1 aliphatic heterocycles. The van der Waals surface area contributed by atoms with Gasteiger partial charge in [0.25, 0.3) is 15.9 Å². The van der Waals surface area contributed by atoms with Gasteiger partial charge in [-0.3, -0.25) is 4.79 Å². The summed E-state index contributed by atoms with van der Waals surface area (Å²) < 4.78 is 21.9. The van der Waals surface area contributed by atoms with Crippen LogP contribution in [0.3, 0.4) is 0 Å². The zero-order valence-electron chi connectivity index (χ0n) is 8.01. The molecule has 1 fully saturated rings. The minimum absolute atomic E-state index is 0.412. The average Bonchev–Trinajstić information content (AvgIpc) is 2.03. The van der Waals surface area contributed by atoms with Crippen molar-refractivity contribution < 1.29 is 23.1 Å². The molecule has 1 aliphatic rings. The third-order valence-electron chi connectivity index (χ3n) is 2.33. The lowest BCUT2D eigenvalue weighted by atomic mass is 10.1. The second-order valence-electron chi connectivity index (χ2n) is 3.63. The molecule has 0 bridgehead atoms. The number of hydrogen-bond acceptors (Lipinski definition) is 4. The lowest BCUT2D eigenvalue weighted by molar-refractivity contribution is -0.148. The molecule has 0 spiro atoms.